The zero-order valence-corrected chi connectivity index (χ0v) is 11.2. The fraction of sp³-hybridized carbons (Fsp3) is 0. The molecule has 1 aliphatic heterocycles. The molecule has 2 N–H and O–H groups in total. The fourth-order valence-electron chi connectivity index (χ4n) is 1.71. The van der Waals surface area contributed by atoms with Gasteiger partial charge in [-0.05, 0) is 6.07 Å². The van der Waals surface area contributed by atoms with Gasteiger partial charge in [-0.2, -0.15) is 0 Å². The predicted molar refractivity (Wildman–Crippen MR) is 70.3 cm³/mol. The van der Waals surface area contributed by atoms with E-state index in [1.807, 2.05) is 5.32 Å². The summed E-state index contributed by atoms with van der Waals surface area (Å²) in [6, 6.07) is 0.982. The van der Waals surface area contributed by atoms with E-state index in [2.05, 4.69) is 5.16 Å². The monoisotopic (exact) mass is 331 g/mol. The minimum absolute atomic E-state index is 0.299. The van der Waals surface area contributed by atoms with E-state index in [0.29, 0.717) is 0 Å². The summed E-state index contributed by atoms with van der Waals surface area (Å²) in [6.45, 7) is 0. The van der Waals surface area contributed by atoms with Gasteiger partial charge in [-0.3, -0.25) is 24.5 Å². The maximum atomic E-state index is 12.1. The second-order valence-corrected chi connectivity index (χ2v) is 4.55. The summed E-state index contributed by atoms with van der Waals surface area (Å²) in [5, 5.41) is 23.3. The molecule has 1 aromatic carbocycles. The topological polar surface area (TPSA) is 139 Å². The normalized spacial score (nSPS) is 16.5. The Morgan fingerprint density at radius 2 is 1.86 bits per heavy atom. The van der Waals surface area contributed by atoms with Crippen molar-refractivity contribution in [3.63, 3.8) is 0 Å². The first-order valence-electron chi connectivity index (χ1n) is 5.08. The molecule has 0 saturated carbocycles. The number of carbonyl (C=O) groups excluding carboxylic acids is 3. The summed E-state index contributed by atoms with van der Waals surface area (Å²) in [5.41, 5.74) is -3.13. The number of nitro groups is 1. The SMILES string of the molecule is O=C1Nc2cc(Cl)c(Cl)c([N+](=O)[O-])c2C(=O)/C(=N/O)C1=O. The smallest absolute Gasteiger partial charge is 0.302 e. The highest BCUT2D eigenvalue weighted by molar-refractivity contribution is 6.83. The number of rotatable bonds is 1. The van der Waals surface area contributed by atoms with E-state index >= 15 is 0 Å². The Kier molecular flexibility index (Phi) is 3.62. The van der Waals surface area contributed by atoms with Crippen molar-refractivity contribution in [1.29, 1.82) is 0 Å². The van der Waals surface area contributed by atoms with Gasteiger partial charge in [0.25, 0.3) is 11.7 Å². The molecule has 1 aromatic rings. The molecule has 21 heavy (non-hydrogen) atoms. The Morgan fingerprint density at radius 3 is 2.38 bits per heavy atom. The molecular formula is C10H3Cl2N3O6. The quantitative estimate of drug-likeness (QED) is 0.345. The van der Waals surface area contributed by atoms with Crippen molar-refractivity contribution in [1.82, 2.24) is 0 Å². The van der Waals surface area contributed by atoms with Gasteiger partial charge in [-0.25, -0.2) is 0 Å². The van der Waals surface area contributed by atoms with Crippen LogP contribution in [0.15, 0.2) is 11.2 Å². The fourth-order valence-corrected chi connectivity index (χ4v) is 2.13. The van der Waals surface area contributed by atoms with Crippen molar-refractivity contribution in [3.8, 4) is 0 Å². The largest absolute Gasteiger partial charge is 0.410 e. The molecule has 0 unspecified atom stereocenters. The van der Waals surface area contributed by atoms with Crippen molar-refractivity contribution in [2.75, 3.05) is 5.32 Å². The summed E-state index contributed by atoms with van der Waals surface area (Å²) < 4.78 is 0. The number of nitrogens with zero attached hydrogens (tertiary/aromatic N) is 2. The lowest BCUT2D eigenvalue weighted by Crippen LogP contribution is -2.31. The Hall–Kier alpha value is -2.52. The number of carbonyl (C=O) groups is 3. The van der Waals surface area contributed by atoms with Gasteiger partial charge in [-0.1, -0.05) is 28.4 Å². The van der Waals surface area contributed by atoms with Crippen LogP contribution < -0.4 is 5.32 Å². The second-order valence-electron chi connectivity index (χ2n) is 3.76. The van der Waals surface area contributed by atoms with Crippen LogP contribution in [0, 0.1) is 10.1 Å². The van der Waals surface area contributed by atoms with Gasteiger partial charge in [0.2, 0.25) is 11.5 Å². The average molecular weight is 332 g/mol. The van der Waals surface area contributed by atoms with Crippen LogP contribution in [0.5, 0.6) is 0 Å². The second kappa shape index (κ2) is 5.11. The third kappa shape index (κ3) is 2.22. The summed E-state index contributed by atoms with van der Waals surface area (Å²) in [5.74, 6) is -4.07. The van der Waals surface area contributed by atoms with Crippen molar-refractivity contribution < 1.29 is 24.5 Å². The molecule has 0 aliphatic carbocycles. The number of amides is 1. The number of fused-ring (bicyclic) bond motifs is 1. The molecular weight excluding hydrogens is 329 g/mol. The van der Waals surface area contributed by atoms with Gasteiger partial charge >= 0.3 is 5.69 Å². The molecule has 0 aromatic heterocycles. The molecule has 1 heterocycles. The molecule has 0 fully saturated rings. The van der Waals surface area contributed by atoms with Crippen LogP contribution in [0.3, 0.4) is 0 Å². The lowest BCUT2D eigenvalue weighted by Gasteiger charge is -2.08. The van der Waals surface area contributed by atoms with Crippen LogP contribution in [0.2, 0.25) is 10.0 Å². The summed E-state index contributed by atoms with van der Waals surface area (Å²) in [6.07, 6.45) is 0. The average Bonchev–Trinajstić information content (AvgIpc) is 2.49. The lowest BCUT2D eigenvalue weighted by atomic mass is 10.0. The molecule has 0 spiro atoms. The molecule has 0 bridgehead atoms. The predicted octanol–water partition coefficient (Wildman–Crippen LogP) is 1.44. The number of nitro benzene ring substituents is 1. The third-order valence-corrected chi connectivity index (χ3v) is 3.37. The number of anilines is 1. The van der Waals surface area contributed by atoms with Crippen molar-refractivity contribution in [2.24, 2.45) is 5.16 Å². The molecule has 0 radical (unpaired) electrons. The molecule has 9 nitrogen and oxygen atoms in total. The number of Topliss-reactive ketones (excluding diaryl/α,β-unsaturated/α-hetero) is 2. The van der Waals surface area contributed by atoms with Crippen molar-refractivity contribution >= 4 is 57.8 Å². The molecule has 1 amide bonds. The maximum absolute atomic E-state index is 12.1. The number of hydrogen-bond donors (Lipinski definition) is 2. The Morgan fingerprint density at radius 1 is 1.24 bits per heavy atom. The number of oxime groups is 1. The standard InChI is InChI=1S/C10H3Cl2N3O6/c11-2-1-3-4(7(5(2)12)15(20)21)8(16)6(14-19)9(17)10(18)13-3/h1,19H,(H,13,18)/b14-6-. The zero-order chi connectivity index (χ0) is 15.9. The molecule has 0 saturated heterocycles. The van der Waals surface area contributed by atoms with E-state index in [1.165, 1.54) is 0 Å². The molecule has 1 aliphatic rings. The maximum Gasteiger partial charge on any atom is 0.302 e. The van der Waals surface area contributed by atoms with E-state index < -0.39 is 44.4 Å². The molecule has 108 valence electrons. The van der Waals surface area contributed by atoms with E-state index in [4.69, 9.17) is 28.4 Å². The van der Waals surface area contributed by atoms with Crippen LogP contribution in [0.1, 0.15) is 10.4 Å². The number of halogens is 2. The zero-order valence-electron chi connectivity index (χ0n) is 9.72. The minimum Gasteiger partial charge on any atom is -0.410 e. The number of benzene rings is 1. The van der Waals surface area contributed by atoms with Crippen LogP contribution >= 0.6 is 23.2 Å². The van der Waals surface area contributed by atoms with E-state index in [9.17, 15) is 24.5 Å². The Bertz CT molecular complexity index is 758. The highest BCUT2D eigenvalue weighted by Crippen LogP contribution is 2.40. The highest BCUT2D eigenvalue weighted by atomic mass is 35.5. The minimum atomic E-state index is -1.44. The first-order valence-corrected chi connectivity index (χ1v) is 5.84. The first-order chi connectivity index (χ1) is 9.79. The Balaban J connectivity index is 2.90. The van der Waals surface area contributed by atoms with Crippen LogP contribution in [-0.4, -0.2) is 33.3 Å². The van der Waals surface area contributed by atoms with Crippen molar-refractivity contribution in [3.05, 3.63) is 31.8 Å². The van der Waals surface area contributed by atoms with Crippen LogP contribution in [0.4, 0.5) is 11.4 Å². The first kappa shape index (κ1) is 14.9. The molecule has 0 atom stereocenters. The number of hydrogen-bond acceptors (Lipinski definition) is 7. The van der Waals surface area contributed by atoms with Gasteiger partial charge in [0.15, 0.2) is 0 Å². The van der Waals surface area contributed by atoms with Gasteiger partial charge < -0.3 is 10.5 Å². The van der Waals surface area contributed by atoms with Gasteiger partial charge in [-0.15, -0.1) is 0 Å². The van der Waals surface area contributed by atoms with E-state index in [0.717, 1.165) is 6.07 Å². The summed E-state index contributed by atoms with van der Waals surface area (Å²) in [4.78, 5) is 45.2. The number of nitrogens with one attached hydrogen (secondary N) is 1. The Labute approximate surface area is 125 Å². The van der Waals surface area contributed by atoms with Gasteiger partial charge in [0.1, 0.15) is 10.6 Å². The van der Waals surface area contributed by atoms with Gasteiger partial charge in [0.05, 0.1) is 15.6 Å². The van der Waals surface area contributed by atoms with Crippen LogP contribution in [0.25, 0.3) is 0 Å². The van der Waals surface area contributed by atoms with Crippen LogP contribution in [-0.2, 0) is 9.59 Å². The number of ketones is 2. The van der Waals surface area contributed by atoms with E-state index in [1.54, 1.807) is 0 Å². The van der Waals surface area contributed by atoms with Crippen molar-refractivity contribution in [2.45, 2.75) is 0 Å². The molecule has 2 rings (SSSR count). The van der Waals surface area contributed by atoms with E-state index in [-0.39, 0.29) is 10.7 Å². The van der Waals surface area contributed by atoms with Gasteiger partial charge in [0, 0.05) is 0 Å². The third-order valence-electron chi connectivity index (χ3n) is 2.59. The highest BCUT2D eigenvalue weighted by Gasteiger charge is 2.40. The lowest BCUT2D eigenvalue weighted by molar-refractivity contribution is -0.384. The summed E-state index contributed by atoms with van der Waals surface area (Å²) >= 11 is 11.4. The summed E-state index contributed by atoms with van der Waals surface area (Å²) in [7, 11) is 0. The molecule has 11 heteroatoms.